The monoisotopic (exact) mass is 431 g/mol. The van der Waals surface area contributed by atoms with Crippen LogP contribution in [-0.4, -0.2) is 50.7 Å². The van der Waals surface area contributed by atoms with Crippen molar-refractivity contribution >= 4 is 33.8 Å². The number of carbonyl (C=O) groups excluding carboxylic acids is 1. The second kappa shape index (κ2) is 7.23. The summed E-state index contributed by atoms with van der Waals surface area (Å²) in [5.41, 5.74) is 3.27. The Kier molecular flexibility index (Phi) is 4.32. The summed E-state index contributed by atoms with van der Waals surface area (Å²) in [5.74, 6) is -0.859. The van der Waals surface area contributed by atoms with Gasteiger partial charge in [0.05, 0.1) is 23.1 Å². The van der Waals surface area contributed by atoms with Crippen LogP contribution < -0.4 is 15.5 Å². The van der Waals surface area contributed by atoms with Crippen molar-refractivity contribution in [3.8, 4) is 0 Å². The minimum absolute atomic E-state index is 0.228. The minimum atomic E-state index is -0.496. The van der Waals surface area contributed by atoms with Crippen molar-refractivity contribution in [2.45, 2.75) is 31.8 Å². The number of amides is 1. The number of fused-ring (bicyclic) bond motifs is 4. The molecule has 5 heterocycles. The summed E-state index contributed by atoms with van der Waals surface area (Å²) < 4.78 is 16.0. The number of benzene rings is 1. The Morgan fingerprint density at radius 2 is 2.00 bits per heavy atom. The third-order valence-corrected chi connectivity index (χ3v) is 6.35. The number of pyridine rings is 1. The van der Waals surface area contributed by atoms with Crippen LogP contribution in [0.5, 0.6) is 0 Å². The van der Waals surface area contributed by atoms with E-state index in [1.807, 2.05) is 12.1 Å². The number of imidazole rings is 1. The molecule has 6 rings (SSSR count). The van der Waals surface area contributed by atoms with E-state index in [1.165, 1.54) is 18.9 Å². The molecule has 2 unspecified atom stereocenters. The van der Waals surface area contributed by atoms with Crippen LogP contribution in [0.3, 0.4) is 0 Å². The lowest BCUT2D eigenvalue weighted by Crippen LogP contribution is -2.51. The molecule has 0 saturated carbocycles. The molecule has 162 valence electrons. The quantitative estimate of drug-likeness (QED) is 0.519. The standard InChI is InChI=1S/C23H22FN7O/c1-13-9-31-12-16(8-19(24)22(31)26-13)28-23(32)18-4-5-20(17-6-7-25-29-21(17)18)30-10-14-2-3-15(11-30)27-14/h4-9,12,14-15,27H,2-3,10-11H2,1H3,(H,28,32). The van der Waals surface area contributed by atoms with Crippen molar-refractivity contribution in [1.82, 2.24) is 24.9 Å². The van der Waals surface area contributed by atoms with E-state index in [9.17, 15) is 9.18 Å². The highest BCUT2D eigenvalue weighted by Crippen LogP contribution is 2.32. The molecule has 3 aromatic heterocycles. The molecule has 1 aromatic carbocycles. The van der Waals surface area contributed by atoms with Crippen LogP contribution in [0.2, 0.25) is 0 Å². The summed E-state index contributed by atoms with van der Waals surface area (Å²) in [6.07, 6.45) is 7.39. The van der Waals surface area contributed by atoms with Crippen molar-refractivity contribution < 1.29 is 9.18 Å². The number of nitrogens with zero attached hydrogens (tertiary/aromatic N) is 5. The van der Waals surface area contributed by atoms with Crippen molar-refractivity contribution in [3.05, 3.63) is 59.9 Å². The first kappa shape index (κ1) is 19.1. The summed E-state index contributed by atoms with van der Waals surface area (Å²) in [6, 6.07) is 7.93. The normalized spacial score (nSPS) is 20.2. The predicted octanol–water partition coefficient (Wildman–Crippen LogP) is 2.92. The van der Waals surface area contributed by atoms with Gasteiger partial charge in [-0.15, -0.1) is 5.10 Å². The van der Waals surface area contributed by atoms with Gasteiger partial charge in [-0.3, -0.25) is 4.79 Å². The summed E-state index contributed by atoms with van der Waals surface area (Å²) in [4.78, 5) is 19.7. The highest BCUT2D eigenvalue weighted by atomic mass is 19.1. The number of anilines is 2. The number of carbonyl (C=O) groups is 1. The molecular formula is C23H22FN7O. The number of nitrogens with one attached hydrogen (secondary N) is 2. The van der Waals surface area contributed by atoms with E-state index in [1.54, 1.807) is 36.0 Å². The lowest BCUT2D eigenvalue weighted by molar-refractivity contribution is 0.102. The molecule has 2 saturated heterocycles. The summed E-state index contributed by atoms with van der Waals surface area (Å²) in [6.45, 7) is 3.66. The molecular weight excluding hydrogens is 409 g/mol. The van der Waals surface area contributed by atoms with E-state index in [0.717, 1.165) is 24.2 Å². The minimum Gasteiger partial charge on any atom is -0.368 e. The van der Waals surface area contributed by atoms with Gasteiger partial charge in [-0.25, -0.2) is 9.37 Å². The van der Waals surface area contributed by atoms with Crippen LogP contribution in [0.15, 0.2) is 42.9 Å². The smallest absolute Gasteiger partial charge is 0.257 e. The van der Waals surface area contributed by atoms with Crippen LogP contribution in [0.4, 0.5) is 15.8 Å². The fraction of sp³-hybridized carbons (Fsp3) is 0.304. The van der Waals surface area contributed by atoms with Gasteiger partial charge in [0.2, 0.25) is 0 Å². The van der Waals surface area contributed by atoms with Crippen molar-refractivity contribution in [1.29, 1.82) is 0 Å². The molecule has 0 radical (unpaired) electrons. The molecule has 2 aliphatic rings. The van der Waals surface area contributed by atoms with Gasteiger partial charge >= 0.3 is 0 Å². The van der Waals surface area contributed by atoms with E-state index in [-0.39, 0.29) is 11.6 Å². The SMILES string of the molecule is Cc1cn2cc(NC(=O)c3ccc(N4CC5CCC(C4)N5)c4ccnnc34)cc(F)c2n1. The van der Waals surface area contributed by atoms with Crippen molar-refractivity contribution in [3.63, 3.8) is 0 Å². The van der Waals surface area contributed by atoms with E-state index in [4.69, 9.17) is 0 Å². The first-order valence-electron chi connectivity index (χ1n) is 10.8. The first-order valence-corrected chi connectivity index (χ1v) is 10.8. The van der Waals surface area contributed by atoms with Gasteiger partial charge in [0, 0.05) is 54.7 Å². The zero-order valence-corrected chi connectivity index (χ0v) is 17.5. The van der Waals surface area contributed by atoms with Crippen LogP contribution >= 0.6 is 0 Å². The zero-order valence-electron chi connectivity index (χ0n) is 17.5. The Hall–Kier alpha value is -3.59. The summed E-state index contributed by atoms with van der Waals surface area (Å²) in [7, 11) is 0. The highest BCUT2D eigenvalue weighted by molar-refractivity contribution is 6.13. The topological polar surface area (TPSA) is 87.5 Å². The number of hydrogen-bond acceptors (Lipinski definition) is 6. The fourth-order valence-corrected chi connectivity index (χ4v) is 4.97. The van der Waals surface area contributed by atoms with Gasteiger partial charge in [0.1, 0.15) is 5.52 Å². The maximum atomic E-state index is 14.4. The molecule has 0 spiro atoms. The fourth-order valence-electron chi connectivity index (χ4n) is 4.97. The van der Waals surface area contributed by atoms with Gasteiger partial charge in [0.15, 0.2) is 11.5 Å². The van der Waals surface area contributed by atoms with Gasteiger partial charge in [-0.2, -0.15) is 5.10 Å². The molecule has 2 aliphatic heterocycles. The van der Waals surface area contributed by atoms with Crippen LogP contribution in [0, 0.1) is 12.7 Å². The van der Waals surface area contributed by atoms with Crippen molar-refractivity contribution in [2.24, 2.45) is 0 Å². The molecule has 2 atom stereocenters. The third kappa shape index (κ3) is 3.16. The van der Waals surface area contributed by atoms with Crippen LogP contribution in [0.25, 0.3) is 16.6 Å². The number of rotatable bonds is 3. The van der Waals surface area contributed by atoms with Gasteiger partial charge in [-0.1, -0.05) is 0 Å². The van der Waals surface area contributed by atoms with Gasteiger partial charge in [-0.05, 0) is 38.0 Å². The number of hydrogen-bond donors (Lipinski definition) is 2. The van der Waals surface area contributed by atoms with E-state index in [0.29, 0.717) is 34.5 Å². The predicted molar refractivity (Wildman–Crippen MR) is 120 cm³/mol. The summed E-state index contributed by atoms with van der Waals surface area (Å²) in [5, 5.41) is 15.6. The zero-order chi connectivity index (χ0) is 21.8. The molecule has 32 heavy (non-hydrogen) atoms. The Labute approximate surface area is 183 Å². The molecule has 8 nitrogen and oxygen atoms in total. The third-order valence-electron chi connectivity index (χ3n) is 6.35. The average molecular weight is 431 g/mol. The maximum Gasteiger partial charge on any atom is 0.257 e. The van der Waals surface area contributed by atoms with Gasteiger partial charge < -0.3 is 19.9 Å². The molecule has 9 heteroatoms. The Bertz CT molecular complexity index is 1360. The lowest BCUT2D eigenvalue weighted by atomic mass is 10.1. The maximum absolute atomic E-state index is 14.4. The molecule has 1 amide bonds. The van der Waals surface area contributed by atoms with Crippen LogP contribution in [0.1, 0.15) is 28.9 Å². The largest absolute Gasteiger partial charge is 0.368 e. The number of aromatic nitrogens is 4. The molecule has 2 fully saturated rings. The average Bonchev–Trinajstić information content (AvgIpc) is 3.33. The number of halogens is 1. The van der Waals surface area contributed by atoms with Crippen LogP contribution in [-0.2, 0) is 0 Å². The second-order valence-corrected chi connectivity index (χ2v) is 8.61. The second-order valence-electron chi connectivity index (χ2n) is 8.61. The molecule has 2 bridgehead atoms. The Morgan fingerprint density at radius 1 is 1.19 bits per heavy atom. The number of piperazine rings is 1. The van der Waals surface area contributed by atoms with Gasteiger partial charge in [0.25, 0.3) is 5.91 Å². The van der Waals surface area contributed by atoms with Crippen molar-refractivity contribution in [2.75, 3.05) is 23.3 Å². The molecule has 2 N–H and O–H groups in total. The van der Waals surface area contributed by atoms with E-state index < -0.39 is 5.82 Å². The van der Waals surface area contributed by atoms with E-state index in [2.05, 4.69) is 30.7 Å². The van der Waals surface area contributed by atoms with E-state index >= 15 is 0 Å². The summed E-state index contributed by atoms with van der Waals surface area (Å²) >= 11 is 0. The highest BCUT2D eigenvalue weighted by Gasteiger charge is 2.33. The Morgan fingerprint density at radius 3 is 2.81 bits per heavy atom. The number of aryl methyl sites for hydroxylation is 1. The first-order chi connectivity index (χ1) is 15.5. The lowest BCUT2D eigenvalue weighted by Gasteiger charge is -2.35. The molecule has 0 aliphatic carbocycles. The Balaban J connectivity index is 1.35. The molecule has 4 aromatic rings.